The number of fused-ring (bicyclic) bond motifs is 1. The first kappa shape index (κ1) is 25.4. The second-order valence-electron chi connectivity index (χ2n) is 8.22. The van der Waals surface area contributed by atoms with Gasteiger partial charge < -0.3 is 9.64 Å². The van der Waals surface area contributed by atoms with Gasteiger partial charge in [0.2, 0.25) is 0 Å². The van der Waals surface area contributed by atoms with Crippen LogP contribution in [0.3, 0.4) is 0 Å². The van der Waals surface area contributed by atoms with Crippen molar-refractivity contribution >= 4 is 11.5 Å². The average molecular weight is 516 g/mol. The van der Waals surface area contributed by atoms with Gasteiger partial charge in [0.25, 0.3) is 5.78 Å². The molecule has 0 N–H and O–H groups in total. The Hall–Kier alpha value is -3.70. The summed E-state index contributed by atoms with van der Waals surface area (Å²) in [5.41, 5.74) is -1.24. The molecule has 0 fully saturated rings. The molecule has 3 aromatic rings. The fourth-order valence-electron chi connectivity index (χ4n) is 4.42. The van der Waals surface area contributed by atoms with Crippen LogP contribution >= 0.6 is 0 Å². The zero-order valence-electron chi connectivity index (χ0n) is 18.1. The number of ether oxygens (including phenoxy) is 1. The molecule has 0 aliphatic carbocycles. The summed E-state index contributed by atoms with van der Waals surface area (Å²) in [5, 5.41) is 0. The predicted octanol–water partition coefficient (Wildman–Crippen LogP) is 5.74. The van der Waals surface area contributed by atoms with E-state index in [2.05, 4.69) is 9.72 Å². The van der Waals surface area contributed by atoms with Crippen LogP contribution in [0.25, 0.3) is 0 Å². The maximum absolute atomic E-state index is 15.0. The minimum atomic E-state index is -5.18. The smallest absolute Gasteiger partial charge is 0.406 e. The minimum Gasteiger partial charge on any atom is -0.406 e. The van der Waals surface area contributed by atoms with Crippen molar-refractivity contribution in [3.63, 3.8) is 0 Å². The molecule has 0 bridgehead atoms. The van der Waals surface area contributed by atoms with E-state index in [-0.39, 0.29) is 28.9 Å². The molecule has 0 amide bonds. The van der Waals surface area contributed by atoms with Gasteiger partial charge in [-0.15, -0.1) is 13.2 Å². The number of para-hydroxylation sites is 1. The molecule has 4 rings (SSSR count). The van der Waals surface area contributed by atoms with Gasteiger partial charge in [0, 0.05) is 24.1 Å². The molecular weight excluding hydrogens is 500 g/mol. The highest BCUT2D eigenvalue weighted by molar-refractivity contribution is 5.89. The molecule has 1 aliphatic rings. The second kappa shape index (κ2) is 9.07. The van der Waals surface area contributed by atoms with Crippen molar-refractivity contribution in [1.29, 1.82) is 0 Å². The minimum absolute atomic E-state index is 0.132. The standard InChI is InChI=1S/C24H16F8N2O2/c25-15-7-8-16(33-11-15)10-22(14-3-1-4-17(9-14)36-24(30,31)32)13-34(12-20(35)23(27,28)29)21-18(22)5-2-6-19(21)26/h1-9,11H,10,12-13H2. The van der Waals surface area contributed by atoms with E-state index in [1.807, 2.05) is 0 Å². The van der Waals surface area contributed by atoms with E-state index in [0.29, 0.717) is 0 Å². The molecular formula is C24H16F8N2O2. The topological polar surface area (TPSA) is 42.4 Å². The lowest BCUT2D eigenvalue weighted by molar-refractivity contribution is -0.274. The number of Topliss-reactive ketones (excluding diaryl/α,β-unsaturated/α-hetero) is 1. The fourth-order valence-corrected chi connectivity index (χ4v) is 4.42. The third kappa shape index (κ3) is 5.12. The largest absolute Gasteiger partial charge is 0.573 e. The van der Waals surface area contributed by atoms with Crippen molar-refractivity contribution in [2.24, 2.45) is 0 Å². The zero-order chi connectivity index (χ0) is 26.3. The van der Waals surface area contributed by atoms with Crippen LogP contribution < -0.4 is 9.64 Å². The van der Waals surface area contributed by atoms with Crippen LogP contribution in [0.5, 0.6) is 5.75 Å². The van der Waals surface area contributed by atoms with E-state index in [0.717, 1.165) is 35.4 Å². The lowest BCUT2D eigenvalue weighted by Crippen LogP contribution is -2.41. The second-order valence-corrected chi connectivity index (χ2v) is 8.22. The van der Waals surface area contributed by atoms with Crippen molar-refractivity contribution in [2.75, 3.05) is 18.0 Å². The SMILES string of the molecule is O=C(CN1CC(Cc2ccc(F)cn2)(c2cccc(OC(F)(F)F)c2)c2cccc(F)c21)C(F)(F)F. The molecule has 0 spiro atoms. The molecule has 1 aromatic heterocycles. The Balaban J connectivity index is 1.89. The lowest BCUT2D eigenvalue weighted by atomic mass is 9.72. The number of aromatic nitrogens is 1. The highest BCUT2D eigenvalue weighted by Gasteiger charge is 2.49. The summed E-state index contributed by atoms with van der Waals surface area (Å²) >= 11 is 0. The van der Waals surface area contributed by atoms with E-state index in [1.54, 1.807) is 0 Å². The highest BCUT2D eigenvalue weighted by Crippen LogP contribution is 2.49. The van der Waals surface area contributed by atoms with Gasteiger partial charge >= 0.3 is 12.5 Å². The molecule has 1 aliphatic heterocycles. The van der Waals surface area contributed by atoms with Crippen LogP contribution in [0.2, 0.25) is 0 Å². The van der Waals surface area contributed by atoms with Gasteiger partial charge in [-0.1, -0.05) is 24.3 Å². The summed E-state index contributed by atoms with van der Waals surface area (Å²) in [6.45, 7) is -1.62. The van der Waals surface area contributed by atoms with Crippen molar-refractivity contribution in [2.45, 2.75) is 24.4 Å². The van der Waals surface area contributed by atoms with Gasteiger partial charge in [-0.05, 0) is 41.5 Å². The summed E-state index contributed by atoms with van der Waals surface area (Å²) < 4.78 is 110. The van der Waals surface area contributed by atoms with E-state index >= 15 is 0 Å². The Bertz CT molecular complexity index is 1270. The number of nitrogens with zero attached hydrogens (tertiary/aromatic N) is 2. The van der Waals surface area contributed by atoms with Crippen molar-refractivity contribution in [3.05, 3.63) is 89.2 Å². The molecule has 4 nitrogen and oxygen atoms in total. The van der Waals surface area contributed by atoms with E-state index in [9.17, 15) is 39.9 Å². The molecule has 2 heterocycles. The molecule has 0 saturated carbocycles. The zero-order valence-corrected chi connectivity index (χ0v) is 18.1. The lowest BCUT2D eigenvalue weighted by Gasteiger charge is -2.32. The van der Waals surface area contributed by atoms with Crippen LogP contribution in [0, 0.1) is 11.6 Å². The summed E-state index contributed by atoms with van der Waals surface area (Å²) in [7, 11) is 0. The quantitative estimate of drug-likeness (QED) is 0.392. The van der Waals surface area contributed by atoms with Crippen LogP contribution in [-0.4, -0.2) is 36.4 Å². The molecule has 190 valence electrons. The molecule has 0 radical (unpaired) electrons. The number of halogens is 8. The summed E-state index contributed by atoms with van der Waals surface area (Å²) in [5.74, 6) is -4.31. The van der Waals surface area contributed by atoms with Crippen LogP contribution in [0.15, 0.2) is 60.8 Å². The Kier molecular flexibility index (Phi) is 6.40. The Labute approximate surface area is 199 Å². The predicted molar refractivity (Wildman–Crippen MR) is 111 cm³/mol. The number of benzene rings is 2. The number of ketones is 1. The first-order chi connectivity index (χ1) is 16.8. The maximum atomic E-state index is 15.0. The number of carbonyl (C=O) groups is 1. The number of pyridine rings is 1. The average Bonchev–Trinajstić information content (AvgIpc) is 3.09. The number of hydrogen-bond donors (Lipinski definition) is 0. The van der Waals surface area contributed by atoms with Gasteiger partial charge in [-0.3, -0.25) is 9.78 Å². The van der Waals surface area contributed by atoms with Crippen LogP contribution in [0.1, 0.15) is 16.8 Å². The first-order valence-electron chi connectivity index (χ1n) is 10.4. The van der Waals surface area contributed by atoms with Gasteiger partial charge in [-0.2, -0.15) is 13.2 Å². The number of carbonyl (C=O) groups excluding carboxylic acids is 1. The first-order valence-corrected chi connectivity index (χ1v) is 10.4. The molecule has 1 atom stereocenters. The maximum Gasteiger partial charge on any atom is 0.573 e. The van der Waals surface area contributed by atoms with Crippen molar-refractivity contribution < 1.29 is 44.7 Å². The molecule has 1 unspecified atom stereocenters. The van der Waals surface area contributed by atoms with Crippen LogP contribution in [0.4, 0.5) is 40.8 Å². The number of anilines is 1. The van der Waals surface area contributed by atoms with Crippen molar-refractivity contribution in [1.82, 2.24) is 4.98 Å². The Morgan fingerprint density at radius 2 is 1.72 bits per heavy atom. The highest BCUT2D eigenvalue weighted by atomic mass is 19.4. The summed E-state index contributed by atoms with van der Waals surface area (Å²) in [6.07, 6.45) is -9.46. The fraction of sp³-hybridized carbons (Fsp3) is 0.250. The van der Waals surface area contributed by atoms with E-state index in [4.69, 9.17) is 0 Å². The monoisotopic (exact) mass is 516 g/mol. The molecule has 0 saturated heterocycles. The van der Waals surface area contributed by atoms with Crippen LogP contribution in [-0.2, 0) is 16.6 Å². The van der Waals surface area contributed by atoms with Crippen molar-refractivity contribution in [3.8, 4) is 5.75 Å². The van der Waals surface area contributed by atoms with Gasteiger partial charge in [0.15, 0.2) is 0 Å². The van der Waals surface area contributed by atoms with Gasteiger partial charge in [0.05, 0.1) is 18.4 Å². The normalized spacial score (nSPS) is 17.7. The van der Waals surface area contributed by atoms with Gasteiger partial charge in [-0.25, -0.2) is 8.78 Å². The Morgan fingerprint density at radius 1 is 1.00 bits per heavy atom. The van der Waals surface area contributed by atoms with Gasteiger partial charge in [0.1, 0.15) is 17.4 Å². The third-order valence-electron chi connectivity index (χ3n) is 5.82. The number of hydrogen-bond acceptors (Lipinski definition) is 4. The summed E-state index contributed by atoms with van der Waals surface area (Å²) in [6, 6.07) is 10.8. The number of alkyl halides is 6. The Morgan fingerprint density at radius 3 is 2.36 bits per heavy atom. The molecule has 36 heavy (non-hydrogen) atoms. The third-order valence-corrected chi connectivity index (χ3v) is 5.82. The summed E-state index contributed by atoms with van der Waals surface area (Å²) in [4.78, 5) is 16.7. The number of rotatable bonds is 6. The van der Waals surface area contributed by atoms with E-state index in [1.165, 1.54) is 30.3 Å². The molecule has 12 heteroatoms. The van der Waals surface area contributed by atoms with E-state index < -0.39 is 54.2 Å². The molecule has 2 aromatic carbocycles.